The molecule has 0 amide bonds. The van der Waals surface area contributed by atoms with Gasteiger partial charge in [-0.2, -0.15) is 0 Å². The zero-order valence-corrected chi connectivity index (χ0v) is 9.73. The summed E-state index contributed by atoms with van der Waals surface area (Å²) in [5.41, 5.74) is 0.402. The van der Waals surface area contributed by atoms with Gasteiger partial charge in [0.2, 0.25) is 0 Å². The number of para-hydroxylation sites is 1. The molecule has 0 fully saturated rings. The molecule has 0 radical (unpaired) electrons. The second-order valence-corrected chi connectivity index (χ2v) is 4.72. The van der Waals surface area contributed by atoms with Gasteiger partial charge in [-0.3, -0.25) is 4.57 Å². The number of fused-ring (bicyclic) bond motifs is 1. The maximum absolute atomic E-state index is 11.9. The van der Waals surface area contributed by atoms with Gasteiger partial charge < -0.3 is 4.74 Å². The third-order valence-corrected chi connectivity index (χ3v) is 2.19. The second kappa shape index (κ2) is 3.67. The Kier molecular flexibility index (Phi) is 2.46. The van der Waals surface area contributed by atoms with Gasteiger partial charge in [0.25, 0.3) is 0 Å². The maximum atomic E-state index is 11.9. The van der Waals surface area contributed by atoms with Gasteiger partial charge in [-0.1, -0.05) is 18.2 Å². The first-order valence-electron chi connectivity index (χ1n) is 5.27. The average molecular weight is 223 g/mol. The molecule has 0 bridgehead atoms. The maximum Gasteiger partial charge on any atom is 0.418 e. The van der Waals surface area contributed by atoms with E-state index in [2.05, 4.69) is 0 Å². The van der Waals surface area contributed by atoms with Crippen LogP contribution in [0.25, 0.3) is 10.9 Å². The fourth-order valence-electron chi connectivity index (χ4n) is 1.55. The molecule has 0 N–H and O–H groups in total. The Morgan fingerprint density at radius 2 is 1.88 bits per heavy atom. The van der Waals surface area contributed by atoms with Crippen molar-refractivity contribution in [3.63, 3.8) is 0 Å². The van der Waals surface area contributed by atoms with Gasteiger partial charge in [-0.15, -0.1) is 0 Å². The first-order valence-corrected chi connectivity index (χ1v) is 5.27. The Hall–Kier alpha value is -1.77. The van der Waals surface area contributed by atoms with Gasteiger partial charge in [0.15, 0.2) is 0 Å². The molecule has 1 heterocycles. The van der Waals surface area contributed by atoms with Crippen LogP contribution < -0.4 is 0 Å². The quantitative estimate of drug-likeness (QED) is 0.685. The summed E-state index contributed by atoms with van der Waals surface area (Å²) in [6.07, 6.45) is 1.40. The first kappa shape index (κ1) is 10.7. The molecule has 1 aromatic carbocycles. The third kappa shape index (κ3) is 2.08. The monoisotopic (exact) mass is 223 g/mol. The number of rotatable bonds is 0. The lowest BCUT2D eigenvalue weighted by Crippen LogP contribution is -2.26. The number of aromatic nitrogens is 1. The summed E-state index contributed by atoms with van der Waals surface area (Å²) >= 11 is 0. The number of nitrogens with zero attached hydrogens (tertiary/aromatic N) is 1. The van der Waals surface area contributed by atoms with Crippen molar-refractivity contribution in [2.45, 2.75) is 26.4 Å². The van der Waals surface area contributed by atoms with Crippen molar-refractivity contribution in [2.24, 2.45) is 0 Å². The summed E-state index contributed by atoms with van der Waals surface area (Å²) in [6.45, 7) is 5.57. The zero-order valence-electron chi connectivity index (χ0n) is 9.73. The van der Waals surface area contributed by atoms with E-state index in [1.54, 1.807) is 6.20 Å². The van der Waals surface area contributed by atoms with Gasteiger partial charge in [-0.25, -0.2) is 4.79 Å². The van der Waals surface area contributed by atoms with Crippen LogP contribution in [0.4, 0.5) is 4.79 Å². The number of carbonyl (C=O) groups excluding carboxylic acids is 1. The van der Waals surface area contributed by atoms with E-state index in [1.807, 2.05) is 51.1 Å². The minimum absolute atomic E-state index is 0.339. The molecule has 0 atom stereocenters. The van der Waals surface area contributed by atoms with Crippen LogP contribution in [0, 0.1) is 0 Å². The molecule has 2 aromatic rings. The Labute approximate surface area is 94.6 Å². The van der Waals surface area contributed by atoms with Crippen molar-refractivity contribution in [1.82, 2.24) is 4.57 Å². The zero-order chi connectivity index (χ0) is 11.8. The number of carbonyl (C=O) groups is 1. The predicted octanol–water partition coefficient (Wildman–Crippen LogP) is 3.42. The Balaban J connectivity index is 2.37. The predicted molar refractivity (Wildman–Crippen MR) is 63.6 cm³/mol. The van der Waals surface area contributed by atoms with Crippen LogP contribution >= 0.6 is 0 Å². The molecule has 3 nitrogen and oxygen atoms in total. The van der Waals surface area contributed by atoms with E-state index in [9.17, 15) is 4.79 Å². The van der Waals surface area contributed by atoms with Crippen LogP contribution in [0.2, 0.25) is 0 Å². The topological polar surface area (TPSA) is 31.2 Å². The smallest absolute Gasteiger partial charge is 0.418 e. The van der Waals surface area contributed by atoms with Crippen LogP contribution in [0.1, 0.15) is 20.8 Å². The molecule has 0 aliphatic rings. The molecule has 0 saturated carbocycles. The number of ether oxygens (including phenoxy) is 1. The number of hydrogen-bond donors (Lipinski definition) is 0. The molecule has 0 aliphatic carbocycles. The normalized spacial score (nSPS) is 11.7. The van der Waals surface area contributed by atoms with Crippen molar-refractivity contribution in [3.8, 4) is 0 Å². The van der Waals surface area contributed by atoms with E-state index < -0.39 is 5.60 Å². The molecular formula is C13H15NO2. The summed E-state index contributed by atoms with van der Waals surface area (Å²) in [4.78, 5) is 11.9. The molecule has 3 heteroatoms. The minimum atomic E-state index is -0.470. The van der Waals surface area contributed by atoms with Crippen molar-refractivity contribution < 1.29 is 9.53 Å². The van der Waals surface area contributed by atoms with Crippen LogP contribution in [0.15, 0.2) is 36.5 Å². The van der Waals surface area contributed by atoms with Gasteiger partial charge in [0.1, 0.15) is 5.60 Å². The Morgan fingerprint density at radius 3 is 2.56 bits per heavy atom. The molecule has 0 unspecified atom stereocenters. The molecule has 1 aromatic heterocycles. The molecule has 2 rings (SSSR count). The van der Waals surface area contributed by atoms with Crippen molar-refractivity contribution in [1.29, 1.82) is 0 Å². The minimum Gasteiger partial charge on any atom is -0.443 e. The van der Waals surface area contributed by atoms with Crippen LogP contribution in [-0.4, -0.2) is 16.3 Å². The third-order valence-electron chi connectivity index (χ3n) is 2.19. The highest BCUT2D eigenvalue weighted by Gasteiger charge is 2.18. The highest BCUT2D eigenvalue weighted by atomic mass is 16.6. The van der Waals surface area contributed by atoms with Crippen molar-refractivity contribution in [3.05, 3.63) is 36.5 Å². The summed E-state index contributed by atoms with van der Waals surface area (Å²) in [5.74, 6) is 0. The van der Waals surface area contributed by atoms with E-state index in [1.165, 1.54) is 4.57 Å². The van der Waals surface area contributed by atoms with E-state index in [4.69, 9.17) is 4.74 Å². The summed E-state index contributed by atoms with van der Waals surface area (Å²) < 4.78 is 6.84. The molecule has 0 aliphatic heterocycles. The van der Waals surface area contributed by atoms with E-state index >= 15 is 0 Å². The van der Waals surface area contributed by atoms with Gasteiger partial charge in [-0.05, 0) is 32.9 Å². The molecule has 84 valence electrons. The summed E-state index contributed by atoms with van der Waals surface area (Å²) in [7, 11) is 0. The lowest BCUT2D eigenvalue weighted by Gasteiger charge is -2.19. The number of hydrogen-bond acceptors (Lipinski definition) is 2. The average Bonchev–Trinajstić information content (AvgIpc) is 2.58. The fourth-order valence-corrected chi connectivity index (χ4v) is 1.55. The van der Waals surface area contributed by atoms with E-state index in [-0.39, 0.29) is 6.09 Å². The largest absolute Gasteiger partial charge is 0.443 e. The second-order valence-electron chi connectivity index (χ2n) is 4.72. The summed E-state index contributed by atoms with van der Waals surface area (Å²) in [5, 5.41) is 1.04. The molecule has 16 heavy (non-hydrogen) atoms. The fraction of sp³-hybridized carbons (Fsp3) is 0.308. The lowest BCUT2D eigenvalue weighted by atomic mass is 10.2. The highest BCUT2D eigenvalue weighted by Crippen LogP contribution is 2.17. The van der Waals surface area contributed by atoms with Crippen LogP contribution in [0.3, 0.4) is 0 Å². The van der Waals surface area contributed by atoms with Gasteiger partial charge in [0, 0.05) is 11.6 Å². The SMILES string of the molecule is CC(C)(C)OC(=O)n1cc[13c]2[13cH][13cH][13cH][13cH][13c]21. The first-order chi connectivity index (χ1) is 7.47. The van der Waals surface area contributed by atoms with Gasteiger partial charge >= 0.3 is 6.09 Å². The van der Waals surface area contributed by atoms with Gasteiger partial charge in [0.05, 0.1) is 5.52 Å². The molecular weight excluding hydrogens is 208 g/mol. The van der Waals surface area contributed by atoms with Crippen molar-refractivity contribution in [2.75, 3.05) is 0 Å². The molecule has 0 spiro atoms. The Morgan fingerprint density at radius 1 is 1.19 bits per heavy atom. The Bertz CT molecular complexity index is 520. The standard InChI is InChI=1S/C13H15NO2/c1-13(2,3)16-12(15)14-9-8-10-6-4-5-7-11(10)14/h4-9H,1-3H3/i4+1,5+1,6+1,7+1,10+1,11+1. The van der Waals surface area contributed by atoms with Crippen molar-refractivity contribution >= 4 is 17.0 Å². The lowest BCUT2D eigenvalue weighted by molar-refractivity contribution is 0.0544. The highest BCUT2D eigenvalue weighted by molar-refractivity contribution is 5.89. The van der Waals surface area contributed by atoms with Crippen LogP contribution in [-0.2, 0) is 4.74 Å². The van der Waals surface area contributed by atoms with Crippen LogP contribution in [0.5, 0.6) is 0 Å². The van der Waals surface area contributed by atoms with E-state index in [0.717, 1.165) is 10.9 Å². The summed E-state index contributed by atoms with van der Waals surface area (Å²) in [6, 6.07) is 9.62. The van der Waals surface area contributed by atoms with E-state index in [0.29, 0.717) is 0 Å². The molecule has 0 saturated heterocycles. The number of benzene rings is 1.